The third kappa shape index (κ3) is 8.12. The fourth-order valence-electron chi connectivity index (χ4n) is 2.99. The molecule has 2 rings (SSSR count). The van der Waals surface area contributed by atoms with Gasteiger partial charge in [0, 0.05) is 35.6 Å². The van der Waals surface area contributed by atoms with Crippen LogP contribution in [0.1, 0.15) is 51.5 Å². The summed E-state index contributed by atoms with van der Waals surface area (Å²) in [4.78, 5) is 36.0. The first kappa shape index (κ1) is 23.9. The number of nitrogens with one attached hydrogen (secondary N) is 4. The van der Waals surface area contributed by atoms with Gasteiger partial charge in [-0.2, -0.15) is 0 Å². The van der Waals surface area contributed by atoms with Crippen molar-refractivity contribution in [1.29, 1.82) is 0 Å². The first-order valence-corrected chi connectivity index (χ1v) is 10.8. The van der Waals surface area contributed by atoms with Crippen LogP contribution in [0.5, 0.6) is 0 Å². The smallest absolute Gasteiger partial charge is 0.243 e. The van der Waals surface area contributed by atoms with Crippen molar-refractivity contribution in [1.82, 2.24) is 0 Å². The maximum Gasteiger partial charge on any atom is 0.243 e. The molecule has 0 spiro atoms. The van der Waals surface area contributed by atoms with E-state index >= 15 is 0 Å². The van der Waals surface area contributed by atoms with E-state index in [0.29, 0.717) is 29.9 Å². The molecule has 3 amide bonds. The van der Waals surface area contributed by atoms with Crippen LogP contribution in [0.4, 0.5) is 22.7 Å². The van der Waals surface area contributed by atoms with Gasteiger partial charge in [0.25, 0.3) is 0 Å². The Labute approximate surface area is 184 Å². The lowest BCUT2D eigenvalue weighted by Gasteiger charge is -2.14. The van der Waals surface area contributed by atoms with E-state index in [4.69, 9.17) is 0 Å². The number of amides is 3. The summed E-state index contributed by atoms with van der Waals surface area (Å²) in [7, 11) is 0. The van der Waals surface area contributed by atoms with E-state index in [1.165, 1.54) is 0 Å². The van der Waals surface area contributed by atoms with Crippen LogP contribution in [-0.2, 0) is 14.4 Å². The van der Waals surface area contributed by atoms with Crippen molar-refractivity contribution in [2.24, 2.45) is 0 Å². The summed E-state index contributed by atoms with van der Waals surface area (Å²) in [5, 5.41) is 11.7. The zero-order chi connectivity index (χ0) is 22.6. The van der Waals surface area contributed by atoms with Gasteiger partial charge in [0.2, 0.25) is 17.7 Å². The summed E-state index contributed by atoms with van der Waals surface area (Å²) in [6, 6.07) is 12.7. The van der Waals surface area contributed by atoms with Crippen LogP contribution < -0.4 is 21.3 Å². The fraction of sp³-hybridized carbons (Fsp3) is 0.375. The second kappa shape index (κ2) is 12.4. The molecular formula is C24H32N4O3. The lowest BCUT2D eigenvalue weighted by Crippen LogP contribution is -2.22. The molecule has 2 aromatic carbocycles. The second-order valence-electron chi connectivity index (χ2n) is 7.37. The number of hydrogen-bond acceptors (Lipinski definition) is 4. The molecule has 0 heterocycles. The molecular weight excluding hydrogens is 392 g/mol. The molecule has 2 aromatic rings. The first-order valence-electron chi connectivity index (χ1n) is 10.8. The third-order valence-corrected chi connectivity index (χ3v) is 4.81. The van der Waals surface area contributed by atoms with Crippen molar-refractivity contribution in [2.45, 2.75) is 52.9 Å². The van der Waals surface area contributed by atoms with E-state index < -0.39 is 0 Å². The standard InChI is InChI=1S/C24H32N4O3/c1-4-6-7-14-23(30)26-19-11-8-10-18(15-19)25-16-24(31)28-21-13-9-12-20(17(21)3)27-22(29)5-2/h8-13,15,25H,4-7,14,16H2,1-3H3,(H,26,30)(H,27,29)(H,28,31). The zero-order valence-electron chi connectivity index (χ0n) is 18.5. The van der Waals surface area contributed by atoms with Crippen molar-refractivity contribution in [3.05, 3.63) is 48.0 Å². The molecule has 0 saturated heterocycles. The summed E-state index contributed by atoms with van der Waals surface area (Å²) >= 11 is 0. The van der Waals surface area contributed by atoms with Gasteiger partial charge in [-0.1, -0.05) is 38.8 Å². The summed E-state index contributed by atoms with van der Waals surface area (Å²) in [5.41, 5.74) is 3.56. The minimum Gasteiger partial charge on any atom is -0.376 e. The molecule has 7 heteroatoms. The average molecular weight is 425 g/mol. The van der Waals surface area contributed by atoms with Crippen molar-refractivity contribution in [3.63, 3.8) is 0 Å². The molecule has 7 nitrogen and oxygen atoms in total. The summed E-state index contributed by atoms with van der Waals surface area (Å²) in [6.07, 6.45) is 3.88. The van der Waals surface area contributed by atoms with E-state index in [1.807, 2.05) is 25.1 Å². The molecule has 0 bridgehead atoms. The van der Waals surface area contributed by atoms with Gasteiger partial charge in [0.1, 0.15) is 0 Å². The third-order valence-electron chi connectivity index (χ3n) is 4.81. The summed E-state index contributed by atoms with van der Waals surface area (Å²) in [5.74, 6) is -0.296. The Bertz CT molecular complexity index is 911. The predicted octanol–water partition coefficient (Wildman–Crippen LogP) is 4.91. The minimum atomic E-state index is -0.212. The molecule has 0 aliphatic rings. The lowest BCUT2D eigenvalue weighted by atomic mass is 10.1. The van der Waals surface area contributed by atoms with Gasteiger partial charge in [0.05, 0.1) is 6.54 Å². The van der Waals surface area contributed by atoms with Gasteiger partial charge in [0.15, 0.2) is 0 Å². The number of unbranched alkanes of at least 4 members (excludes halogenated alkanes) is 2. The van der Waals surface area contributed by atoms with Crippen LogP contribution in [0.3, 0.4) is 0 Å². The van der Waals surface area contributed by atoms with Crippen molar-refractivity contribution in [3.8, 4) is 0 Å². The van der Waals surface area contributed by atoms with Gasteiger partial charge < -0.3 is 21.3 Å². The SMILES string of the molecule is CCCCCC(=O)Nc1cccc(NCC(=O)Nc2cccc(NC(=O)CC)c2C)c1. The zero-order valence-corrected chi connectivity index (χ0v) is 18.5. The molecule has 0 aliphatic heterocycles. The normalized spacial score (nSPS) is 10.3. The highest BCUT2D eigenvalue weighted by molar-refractivity contribution is 5.97. The largest absolute Gasteiger partial charge is 0.376 e. The molecule has 4 N–H and O–H groups in total. The van der Waals surface area contributed by atoms with Crippen LogP contribution in [0.25, 0.3) is 0 Å². The molecule has 0 radical (unpaired) electrons. The Morgan fingerprint density at radius 3 is 2.10 bits per heavy atom. The number of benzene rings is 2. The molecule has 0 atom stereocenters. The highest BCUT2D eigenvalue weighted by Crippen LogP contribution is 2.23. The van der Waals surface area contributed by atoms with Gasteiger partial charge in [-0.25, -0.2) is 0 Å². The number of hydrogen-bond donors (Lipinski definition) is 4. The molecule has 0 fully saturated rings. The Morgan fingerprint density at radius 2 is 1.42 bits per heavy atom. The number of carbonyl (C=O) groups excluding carboxylic acids is 3. The van der Waals surface area contributed by atoms with E-state index in [9.17, 15) is 14.4 Å². The van der Waals surface area contributed by atoms with Crippen molar-refractivity contribution in [2.75, 3.05) is 27.8 Å². The molecule has 166 valence electrons. The number of anilines is 4. The fourth-order valence-corrected chi connectivity index (χ4v) is 2.99. The first-order chi connectivity index (χ1) is 14.9. The molecule has 0 saturated carbocycles. The van der Waals surface area contributed by atoms with Crippen LogP contribution >= 0.6 is 0 Å². The maximum absolute atomic E-state index is 12.4. The Morgan fingerprint density at radius 1 is 0.774 bits per heavy atom. The Hall–Kier alpha value is -3.35. The van der Waals surface area contributed by atoms with Crippen LogP contribution in [0.15, 0.2) is 42.5 Å². The average Bonchev–Trinajstić information content (AvgIpc) is 2.75. The van der Waals surface area contributed by atoms with Gasteiger partial charge in [-0.3, -0.25) is 14.4 Å². The minimum absolute atomic E-state index is 0.00568. The van der Waals surface area contributed by atoms with Crippen molar-refractivity contribution >= 4 is 40.5 Å². The Kier molecular flexibility index (Phi) is 9.55. The van der Waals surface area contributed by atoms with Crippen LogP contribution in [0, 0.1) is 6.92 Å². The van der Waals surface area contributed by atoms with Crippen molar-refractivity contribution < 1.29 is 14.4 Å². The lowest BCUT2D eigenvalue weighted by molar-refractivity contribution is -0.117. The Balaban J connectivity index is 1.90. The predicted molar refractivity (Wildman–Crippen MR) is 126 cm³/mol. The summed E-state index contributed by atoms with van der Waals surface area (Å²) in [6.45, 7) is 5.81. The number of carbonyl (C=O) groups is 3. The monoisotopic (exact) mass is 424 g/mol. The second-order valence-corrected chi connectivity index (χ2v) is 7.37. The van der Waals surface area contributed by atoms with E-state index in [-0.39, 0.29) is 24.3 Å². The van der Waals surface area contributed by atoms with Gasteiger partial charge in [-0.05, 0) is 49.2 Å². The van der Waals surface area contributed by atoms with E-state index in [1.54, 1.807) is 31.2 Å². The molecule has 0 aliphatic carbocycles. The molecule has 31 heavy (non-hydrogen) atoms. The van der Waals surface area contributed by atoms with Crippen LogP contribution in [-0.4, -0.2) is 24.3 Å². The van der Waals surface area contributed by atoms with E-state index in [2.05, 4.69) is 28.2 Å². The van der Waals surface area contributed by atoms with Gasteiger partial charge >= 0.3 is 0 Å². The topological polar surface area (TPSA) is 99.3 Å². The van der Waals surface area contributed by atoms with Crippen LogP contribution in [0.2, 0.25) is 0 Å². The van der Waals surface area contributed by atoms with Gasteiger partial charge in [-0.15, -0.1) is 0 Å². The molecule has 0 aromatic heterocycles. The summed E-state index contributed by atoms with van der Waals surface area (Å²) < 4.78 is 0. The highest BCUT2D eigenvalue weighted by Gasteiger charge is 2.10. The molecule has 0 unspecified atom stereocenters. The number of rotatable bonds is 11. The highest BCUT2D eigenvalue weighted by atomic mass is 16.2. The quantitative estimate of drug-likeness (QED) is 0.385. The van der Waals surface area contributed by atoms with E-state index in [0.717, 1.165) is 30.5 Å². The maximum atomic E-state index is 12.4.